The second-order valence-electron chi connectivity index (χ2n) is 7.26. The van der Waals surface area contributed by atoms with E-state index < -0.39 is 5.82 Å². The number of pyridine rings is 1. The van der Waals surface area contributed by atoms with Gasteiger partial charge < -0.3 is 10.2 Å². The van der Waals surface area contributed by atoms with Crippen molar-refractivity contribution in [2.75, 3.05) is 25.0 Å². The number of nitriles is 1. The van der Waals surface area contributed by atoms with Crippen LogP contribution in [0.25, 0.3) is 22.2 Å². The number of hydrogen-bond acceptors (Lipinski definition) is 6. The minimum atomic E-state index is -0.424. The molecule has 3 heterocycles. The van der Waals surface area contributed by atoms with Crippen molar-refractivity contribution in [1.82, 2.24) is 19.9 Å². The van der Waals surface area contributed by atoms with Crippen LogP contribution < -0.4 is 5.32 Å². The van der Waals surface area contributed by atoms with Gasteiger partial charge in [0.25, 0.3) is 5.91 Å². The molecule has 0 bridgehead atoms. The number of anilines is 1. The van der Waals surface area contributed by atoms with E-state index in [1.54, 1.807) is 29.4 Å². The molecule has 1 saturated heterocycles. The van der Waals surface area contributed by atoms with Gasteiger partial charge in [-0.3, -0.25) is 4.79 Å². The minimum absolute atomic E-state index is 0.167. The van der Waals surface area contributed by atoms with Crippen LogP contribution in [0.3, 0.4) is 0 Å². The molecule has 0 aliphatic carbocycles. The number of piperidine rings is 1. The maximum Gasteiger partial charge on any atom is 0.254 e. The Hall–Kier alpha value is -3.60. The van der Waals surface area contributed by atoms with E-state index in [4.69, 9.17) is 0 Å². The zero-order valence-corrected chi connectivity index (χ0v) is 16.6. The molecule has 1 aromatic carbocycles. The number of rotatable bonds is 4. The average Bonchev–Trinajstić information content (AvgIpc) is 2.78. The number of carbonyl (C=O) groups excluding carboxylic acids is 1. The van der Waals surface area contributed by atoms with Gasteiger partial charge in [-0.1, -0.05) is 0 Å². The molecule has 1 fully saturated rings. The van der Waals surface area contributed by atoms with Crippen LogP contribution in [0.15, 0.2) is 36.7 Å². The van der Waals surface area contributed by atoms with Crippen LogP contribution in [0.5, 0.6) is 0 Å². The molecule has 152 valence electrons. The molecule has 3 aromatic rings. The fourth-order valence-corrected chi connectivity index (χ4v) is 3.67. The summed E-state index contributed by atoms with van der Waals surface area (Å²) in [5.74, 6) is -0.271. The zero-order valence-electron chi connectivity index (χ0n) is 16.6. The summed E-state index contributed by atoms with van der Waals surface area (Å²) in [5, 5.41) is 12.9. The zero-order chi connectivity index (χ0) is 21.1. The van der Waals surface area contributed by atoms with Crippen LogP contribution >= 0.6 is 0 Å². The summed E-state index contributed by atoms with van der Waals surface area (Å²) in [7, 11) is 0. The van der Waals surface area contributed by atoms with Crippen LogP contribution in [-0.4, -0.2) is 45.4 Å². The molecule has 30 heavy (non-hydrogen) atoms. The highest BCUT2D eigenvalue weighted by atomic mass is 19.1. The SMILES string of the molecule is CCNc1ncc(-c2cc(C(=O)N3CCCC(C#N)C3)c3ccc(F)cc3n2)cn1. The van der Waals surface area contributed by atoms with Gasteiger partial charge in [0.15, 0.2) is 0 Å². The average molecular weight is 404 g/mol. The topological polar surface area (TPSA) is 94.8 Å². The Morgan fingerprint density at radius 3 is 2.87 bits per heavy atom. The second kappa shape index (κ2) is 8.41. The number of carbonyl (C=O) groups is 1. The van der Waals surface area contributed by atoms with Crippen molar-refractivity contribution in [2.24, 2.45) is 5.92 Å². The third-order valence-corrected chi connectivity index (χ3v) is 5.18. The number of likely N-dealkylation sites (tertiary alicyclic amines) is 1. The van der Waals surface area contributed by atoms with Gasteiger partial charge in [0.05, 0.1) is 28.8 Å². The fraction of sp³-hybridized carbons (Fsp3) is 0.318. The molecule has 1 atom stereocenters. The molecule has 1 unspecified atom stereocenters. The summed E-state index contributed by atoms with van der Waals surface area (Å²) in [5.41, 5.74) is 1.95. The van der Waals surface area contributed by atoms with Crippen molar-refractivity contribution in [3.8, 4) is 17.3 Å². The molecular weight excluding hydrogens is 383 g/mol. The lowest BCUT2D eigenvalue weighted by atomic mass is 9.98. The lowest BCUT2D eigenvalue weighted by Crippen LogP contribution is -2.39. The van der Waals surface area contributed by atoms with E-state index in [1.807, 2.05) is 6.92 Å². The van der Waals surface area contributed by atoms with E-state index in [2.05, 4.69) is 26.3 Å². The van der Waals surface area contributed by atoms with E-state index in [1.165, 1.54) is 12.1 Å². The Kier molecular flexibility index (Phi) is 5.53. The quantitative estimate of drug-likeness (QED) is 0.713. The highest BCUT2D eigenvalue weighted by molar-refractivity contribution is 6.07. The van der Waals surface area contributed by atoms with E-state index >= 15 is 0 Å². The molecular formula is C22H21FN6O. The summed E-state index contributed by atoms with van der Waals surface area (Å²) < 4.78 is 13.9. The molecule has 7 nitrogen and oxygen atoms in total. The second-order valence-corrected chi connectivity index (χ2v) is 7.26. The molecule has 0 radical (unpaired) electrons. The van der Waals surface area contributed by atoms with Gasteiger partial charge in [0.1, 0.15) is 5.82 Å². The van der Waals surface area contributed by atoms with Gasteiger partial charge in [0, 0.05) is 49.0 Å². The predicted octanol–water partition coefficient (Wildman–Crippen LogP) is 3.64. The summed E-state index contributed by atoms with van der Waals surface area (Å²) in [6.07, 6.45) is 4.83. The Morgan fingerprint density at radius 2 is 2.13 bits per heavy atom. The highest BCUT2D eigenvalue weighted by Crippen LogP contribution is 2.27. The van der Waals surface area contributed by atoms with Crippen molar-refractivity contribution in [1.29, 1.82) is 5.26 Å². The maximum atomic E-state index is 13.9. The Bertz CT molecular complexity index is 1120. The van der Waals surface area contributed by atoms with Gasteiger partial charge in [-0.15, -0.1) is 0 Å². The molecule has 1 aliphatic heterocycles. The van der Waals surface area contributed by atoms with E-state index in [0.29, 0.717) is 53.3 Å². The third-order valence-electron chi connectivity index (χ3n) is 5.18. The van der Waals surface area contributed by atoms with Gasteiger partial charge in [-0.05, 0) is 38.0 Å². The van der Waals surface area contributed by atoms with Crippen LogP contribution in [-0.2, 0) is 0 Å². The van der Waals surface area contributed by atoms with Crippen molar-refractivity contribution >= 4 is 22.8 Å². The monoisotopic (exact) mass is 404 g/mol. The summed E-state index contributed by atoms with van der Waals surface area (Å²) >= 11 is 0. The number of halogens is 1. The smallest absolute Gasteiger partial charge is 0.254 e. The normalized spacial score (nSPS) is 16.3. The van der Waals surface area contributed by atoms with Crippen LogP contribution in [0.2, 0.25) is 0 Å². The first kappa shape index (κ1) is 19.7. The van der Waals surface area contributed by atoms with Gasteiger partial charge >= 0.3 is 0 Å². The van der Waals surface area contributed by atoms with E-state index in [-0.39, 0.29) is 11.8 Å². The van der Waals surface area contributed by atoms with Crippen LogP contribution in [0, 0.1) is 23.1 Å². The molecule has 1 amide bonds. The van der Waals surface area contributed by atoms with E-state index in [9.17, 15) is 14.4 Å². The summed E-state index contributed by atoms with van der Waals surface area (Å²) in [6, 6.07) is 8.17. The summed E-state index contributed by atoms with van der Waals surface area (Å²) in [4.78, 5) is 28.1. The molecule has 1 aliphatic rings. The number of amides is 1. The van der Waals surface area contributed by atoms with Crippen LogP contribution in [0.1, 0.15) is 30.1 Å². The standard InChI is InChI=1S/C22H21FN6O/c1-2-25-22-26-11-15(12-27-22)19-9-18(17-6-5-16(23)8-20(17)28-19)21(30)29-7-3-4-14(10-24)13-29/h5-6,8-9,11-12,14H,2-4,7,13H2,1H3,(H,25,26,27). The number of nitrogens with one attached hydrogen (secondary N) is 1. The van der Waals surface area contributed by atoms with Crippen molar-refractivity contribution in [3.63, 3.8) is 0 Å². The Morgan fingerprint density at radius 1 is 1.33 bits per heavy atom. The Balaban J connectivity index is 1.78. The lowest BCUT2D eigenvalue weighted by molar-refractivity contribution is 0.0700. The van der Waals surface area contributed by atoms with Gasteiger partial charge in [0.2, 0.25) is 5.95 Å². The molecule has 8 heteroatoms. The van der Waals surface area contributed by atoms with Crippen molar-refractivity contribution in [3.05, 3.63) is 48.0 Å². The first-order valence-corrected chi connectivity index (χ1v) is 9.94. The number of fused-ring (bicyclic) bond motifs is 1. The maximum absolute atomic E-state index is 13.9. The molecule has 0 saturated carbocycles. The third kappa shape index (κ3) is 3.92. The summed E-state index contributed by atoms with van der Waals surface area (Å²) in [6.45, 7) is 3.64. The number of aromatic nitrogens is 3. The Labute approximate surface area is 173 Å². The lowest BCUT2D eigenvalue weighted by Gasteiger charge is -2.30. The largest absolute Gasteiger partial charge is 0.355 e. The molecule has 2 aromatic heterocycles. The van der Waals surface area contributed by atoms with Crippen LogP contribution in [0.4, 0.5) is 10.3 Å². The number of nitrogens with zero attached hydrogens (tertiary/aromatic N) is 5. The van der Waals surface area contributed by atoms with Gasteiger partial charge in [-0.25, -0.2) is 19.3 Å². The minimum Gasteiger partial charge on any atom is -0.355 e. The fourth-order valence-electron chi connectivity index (χ4n) is 3.67. The highest BCUT2D eigenvalue weighted by Gasteiger charge is 2.26. The number of benzene rings is 1. The molecule has 1 N–H and O–H groups in total. The molecule has 0 spiro atoms. The van der Waals surface area contributed by atoms with Crippen molar-refractivity contribution in [2.45, 2.75) is 19.8 Å². The van der Waals surface area contributed by atoms with E-state index in [0.717, 1.165) is 12.8 Å². The number of hydrogen-bond donors (Lipinski definition) is 1. The first-order chi connectivity index (χ1) is 14.6. The van der Waals surface area contributed by atoms with Crippen molar-refractivity contribution < 1.29 is 9.18 Å². The van der Waals surface area contributed by atoms with Gasteiger partial charge in [-0.2, -0.15) is 5.26 Å². The molecule has 4 rings (SSSR count). The first-order valence-electron chi connectivity index (χ1n) is 9.94. The predicted molar refractivity (Wildman–Crippen MR) is 111 cm³/mol.